The number of methoxy groups -OCH3 is 1. The van der Waals surface area contributed by atoms with Crippen molar-refractivity contribution in [3.05, 3.63) is 95.8 Å². The number of rotatable bonds is 7. The van der Waals surface area contributed by atoms with Gasteiger partial charge in [0.1, 0.15) is 6.61 Å². The van der Waals surface area contributed by atoms with E-state index in [-0.39, 0.29) is 4.90 Å². The lowest BCUT2D eigenvalue weighted by atomic mass is 10.1. The maximum absolute atomic E-state index is 13.1. The van der Waals surface area contributed by atoms with E-state index in [4.69, 9.17) is 9.47 Å². The molecular formula is C25H24N2O4S. The fourth-order valence-electron chi connectivity index (χ4n) is 3.43. The fraction of sp³-hybridized carbons (Fsp3) is 0.160. The number of hydrogen-bond donors (Lipinski definition) is 0. The van der Waals surface area contributed by atoms with Crippen LogP contribution in [0.1, 0.15) is 16.7 Å². The molecule has 4 aromatic rings. The molecule has 6 nitrogen and oxygen atoms in total. The Bertz CT molecular complexity index is 1350. The predicted molar refractivity (Wildman–Crippen MR) is 123 cm³/mol. The molecule has 1 heterocycles. The van der Waals surface area contributed by atoms with Gasteiger partial charge in [-0.3, -0.25) is 0 Å². The highest BCUT2D eigenvalue weighted by molar-refractivity contribution is 7.90. The van der Waals surface area contributed by atoms with Crippen LogP contribution in [0, 0.1) is 13.8 Å². The molecule has 0 spiro atoms. The van der Waals surface area contributed by atoms with Gasteiger partial charge >= 0.3 is 0 Å². The summed E-state index contributed by atoms with van der Waals surface area (Å²) in [6.45, 7) is 4.50. The molecule has 0 atom stereocenters. The maximum atomic E-state index is 13.1. The van der Waals surface area contributed by atoms with Gasteiger partial charge in [0, 0.05) is 18.0 Å². The van der Waals surface area contributed by atoms with Crippen molar-refractivity contribution in [1.82, 2.24) is 8.96 Å². The van der Waals surface area contributed by atoms with Gasteiger partial charge < -0.3 is 9.47 Å². The third-order valence-electron chi connectivity index (χ3n) is 5.22. The molecule has 0 N–H and O–H groups in total. The zero-order valence-corrected chi connectivity index (χ0v) is 19.0. The smallest absolute Gasteiger partial charge is 0.269 e. The largest absolute Gasteiger partial charge is 0.493 e. The second kappa shape index (κ2) is 8.88. The predicted octanol–water partition coefficient (Wildman–Crippen LogP) is 4.99. The Labute approximate surface area is 188 Å². The maximum Gasteiger partial charge on any atom is 0.269 e. The van der Waals surface area contributed by atoms with Crippen LogP contribution in [0.3, 0.4) is 0 Å². The van der Waals surface area contributed by atoms with Gasteiger partial charge in [-0.05, 0) is 55.3 Å². The van der Waals surface area contributed by atoms with Gasteiger partial charge in [-0.2, -0.15) is 0 Å². The first-order chi connectivity index (χ1) is 15.4. The van der Waals surface area contributed by atoms with Crippen LogP contribution in [0.2, 0.25) is 0 Å². The summed E-state index contributed by atoms with van der Waals surface area (Å²) in [6, 6.07) is 19.8. The van der Waals surface area contributed by atoms with Crippen molar-refractivity contribution in [2.24, 2.45) is 0 Å². The monoisotopic (exact) mass is 448 g/mol. The van der Waals surface area contributed by atoms with E-state index in [1.54, 1.807) is 55.6 Å². The van der Waals surface area contributed by atoms with E-state index in [0.717, 1.165) is 11.1 Å². The number of aromatic nitrogens is 2. The van der Waals surface area contributed by atoms with Crippen molar-refractivity contribution in [3.8, 4) is 22.9 Å². The van der Waals surface area contributed by atoms with Gasteiger partial charge in [0.05, 0.1) is 12.0 Å². The first kappa shape index (κ1) is 21.6. The second-order valence-electron chi connectivity index (χ2n) is 7.45. The standard InChI is InChI=1S/C25H24N2O4S/c1-18-9-10-19(2)21(15-18)17-31-23-12-11-20(16-24(23)30-3)25-26-13-14-27(25)32(28,29)22-7-5-4-6-8-22/h4-16H,17H2,1-3H3. The van der Waals surface area contributed by atoms with E-state index in [9.17, 15) is 8.42 Å². The molecule has 0 saturated carbocycles. The van der Waals surface area contributed by atoms with Gasteiger partial charge in [0.25, 0.3) is 10.0 Å². The summed E-state index contributed by atoms with van der Waals surface area (Å²) < 4.78 is 38.9. The van der Waals surface area contributed by atoms with Crippen LogP contribution in [-0.2, 0) is 16.6 Å². The van der Waals surface area contributed by atoms with Crippen LogP contribution in [0.25, 0.3) is 11.4 Å². The fourth-order valence-corrected chi connectivity index (χ4v) is 4.75. The summed E-state index contributed by atoms with van der Waals surface area (Å²) in [5.74, 6) is 1.37. The Morgan fingerprint density at radius 2 is 1.72 bits per heavy atom. The lowest BCUT2D eigenvalue weighted by Gasteiger charge is -2.14. The van der Waals surface area contributed by atoms with Crippen molar-refractivity contribution in [2.75, 3.05) is 7.11 Å². The Balaban J connectivity index is 1.65. The first-order valence-corrected chi connectivity index (χ1v) is 11.6. The Morgan fingerprint density at radius 3 is 2.47 bits per heavy atom. The molecule has 0 aliphatic rings. The van der Waals surface area contributed by atoms with Gasteiger partial charge in [-0.25, -0.2) is 17.4 Å². The summed E-state index contributed by atoms with van der Waals surface area (Å²) >= 11 is 0. The molecule has 0 amide bonds. The minimum Gasteiger partial charge on any atom is -0.493 e. The summed E-state index contributed by atoms with van der Waals surface area (Å²) in [4.78, 5) is 4.48. The van der Waals surface area contributed by atoms with Gasteiger partial charge in [0.15, 0.2) is 17.3 Å². The highest BCUT2D eigenvalue weighted by Crippen LogP contribution is 2.33. The highest BCUT2D eigenvalue weighted by Gasteiger charge is 2.21. The number of aryl methyl sites for hydroxylation is 2. The van der Waals surface area contributed by atoms with Crippen molar-refractivity contribution in [2.45, 2.75) is 25.3 Å². The average molecular weight is 449 g/mol. The Kier molecular flexibility index (Phi) is 6.01. The van der Waals surface area contributed by atoms with E-state index < -0.39 is 10.0 Å². The van der Waals surface area contributed by atoms with E-state index in [1.807, 2.05) is 13.8 Å². The lowest BCUT2D eigenvalue weighted by Crippen LogP contribution is -2.13. The minimum atomic E-state index is -3.78. The van der Waals surface area contributed by atoms with Gasteiger partial charge in [-0.1, -0.05) is 42.0 Å². The van der Waals surface area contributed by atoms with Crippen molar-refractivity contribution >= 4 is 10.0 Å². The second-order valence-corrected chi connectivity index (χ2v) is 9.26. The quantitative estimate of drug-likeness (QED) is 0.398. The molecule has 0 fully saturated rings. The third kappa shape index (κ3) is 4.24. The molecule has 0 radical (unpaired) electrons. The minimum absolute atomic E-state index is 0.194. The van der Waals surface area contributed by atoms with E-state index >= 15 is 0 Å². The van der Waals surface area contributed by atoms with E-state index in [2.05, 4.69) is 23.2 Å². The lowest BCUT2D eigenvalue weighted by molar-refractivity contribution is 0.284. The number of imidazole rings is 1. The highest BCUT2D eigenvalue weighted by atomic mass is 32.2. The summed E-state index contributed by atoms with van der Waals surface area (Å²) in [5, 5.41) is 0. The van der Waals surface area contributed by atoms with Crippen molar-refractivity contribution < 1.29 is 17.9 Å². The van der Waals surface area contributed by atoms with Crippen LogP contribution in [0.4, 0.5) is 0 Å². The summed E-state index contributed by atoms with van der Waals surface area (Å²) in [5.41, 5.74) is 4.02. The molecule has 0 aliphatic heterocycles. The molecule has 4 rings (SSSR count). The zero-order chi connectivity index (χ0) is 22.7. The molecule has 0 aliphatic carbocycles. The molecule has 164 valence electrons. The number of hydrogen-bond acceptors (Lipinski definition) is 5. The van der Waals surface area contributed by atoms with E-state index in [0.29, 0.717) is 29.5 Å². The zero-order valence-electron chi connectivity index (χ0n) is 18.1. The molecule has 3 aromatic carbocycles. The normalized spacial score (nSPS) is 11.3. The number of benzene rings is 3. The van der Waals surface area contributed by atoms with Crippen LogP contribution < -0.4 is 9.47 Å². The molecule has 7 heteroatoms. The van der Waals surface area contributed by atoms with Crippen molar-refractivity contribution in [1.29, 1.82) is 0 Å². The Hall–Kier alpha value is -3.58. The van der Waals surface area contributed by atoms with Crippen LogP contribution >= 0.6 is 0 Å². The third-order valence-corrected chi connectivity index (χ3v) is 6.90. The molecule has 0 bridgehead atoms. The number of nitrogens with zero attached hydrogens (tertiary/aromatic N) is 2. The topological polar surface area (TPSA) is 70.4 Å². The van der Waals surface area contributed by atoms with Crippen molar-refractivity contribution in [3.63, 3.8) is 0 Å². The molecule has 0 saturated heterocycles. The van der Waals surface area contributed by atoms with E-state index in [1.165, 1.54) is 21.9 Å². The summed E-state index contributed by atoms with van der Waals surface area (Å²) in [6.07, 6.45) is 2.91. The van der Waals surface area contributed by atoms with Crippen LogP contribution in [0.15, 0.2) is 84.0 Å². The van der Waals surface area contributed by atoms with Gasteiger partial charge in [-0.15, -0.1) is 0 Å². The van der Waals surface area contributed by atoms with Crippen LogP contribution in [0.5, 0.6) is 11.5 Å². The molecule has 0 unspecified atom stereocenters. The first-order valence-electron chi connectivity index (χ1n) is 10.1. The molecular weight excluding hydrogens is 424 g/mol. The molecule has 32 heavy (non-hydrogen) atoms. The summed E-state index contributed by atoms with van der Waals surface area (Å²) in [7, 11) is -2.22. The average Bonchev–Trinajstić information content (AvgIpc) is 3.31. The SMILES string of the molecule is COc1cc(-c2nccn2S(=O)(=O)c2ccccc2)ccc1OCc1cc(C)ccc1C. The van der Waals surface area contributed by atoms with Gasteiger partial charge in [0.2, 0.25) is 0 Å². The Morgan fingerprint density at radius 1 is 0.938 bits per heavy atom. The molecule has 1 aromatic heterocycles. The van der Waals surface area contributed by atoms with Crippen LogP contribution in [-0.4, -0.2) is 24.5 Å². The number of ether oxygens (including phenoxy) is 2.